The second-order valence-electron chi connectivity index (χ2n) is 5.77. The van der Waals surface area contributed by atoms with Gasteiger partial charge in [0.2, 0.25) is 0 Å². The summed E-state index contributed by atoms with van der Waals surface area (Å²) >= 11 is 1.63. The number of amides is 2. The monoisotopic (exact) mass is 346 g/mol. The minimum absolute atomic E-state index is 0.172. The summed E-state index contributed by atoms with van der Waals surface area (Å²) in [5.41, 5.74) is 0.978. The van der Waals surface area contributed by atoms with Gasteiger partial charge in [-0.1, -0.05) is 12.1 Å². The Bertz CT molecular complexity index is 645. The molecule has 1 fully saturated rings. The third kappa shape index (κ3) is 4.69. The number of rotatable bonds is 5. The first kappa shape index (κ1) is 16.7. The number of anilines is 1. The largest absolute Gasteiger partial charge is 0.375 e. The van der Waals surface area contributed by atoms with Crippen molar-refractivity contribution >= 4 is 23.2 Å². The number of thiophene rings is 1. The lowest BCUT2D eigenvalue weighted by Crippen LogP contribution is -2.41. The van der Waals surface area contributed by atoms with Crippen LogP contribution in [0.4, 0.5) is 10.6 Å². The SMILES string of the molecule is C[C@H]1CN(c2ccc(CNC(=O)NCc3cccs3)cn2)CCO1. The first-order valence-electron chi connectivity index (χ1n) is 8.06. The fourth-order valence-electron chi connectivity index (χ4n) is 2.56. The molecule has 3 rings (SSSR count). The smallest absolute Gasteiger partial charge is 0.315 e. The van der Waals surface area contributed by atoms with E-state index < -0.39 is 0 Å². The van der Waals surface area contributed by atoms with Gasteiger partial charge in [0.25, 0.3) is 0 Å². The summed E-state index contributed by atoms with van der Waals surface area (Å²) in [5, 5.41) is 7.69. The van der Waals surface area contributed by atoms with Crippen molar-refractivity contribution in [2.24, 2.45) is 0 Å². The van der Waals surface area contributed by atoms with Crippen LogP contribution in [0, 0.1) is 0 Å². The fraction of sp³-hybridized carbons (Fsp3) is 0.412. The van der Waals surface area contributed by atoms with Crippen molar-refractivity contribution in [2.45, 2.75) is 26.1 Å². The van der Waals surface area contributed by atoms with Gasteiger partial charge in [-0.3, -0.25) is 0 Å². The number of hydrogen-bond donors (Lipinski definition) is 2. The Morgan fingerprint density at radius 2 is 2.25 bits per heavy atom. The minimum Gasteiger partial charge on any atom is -0.375 e. The molecule has 128 valence electrons. The Morgan fingerprint density at radius 1 is 1.38 bits per heavy atom. The lowest BCUT2D eigenvalue weighted by atomic mass is 10.2. The maximum atomic E-state index is 11.8. The Morgan fingerprint density at radius 3 is 2.96 bits per heavy atom. The molecule has 2 aromatic rings. The quantitative estimate of drug-likeness (QED) is 0.872. The van der Waals surface area contributed by atoms with Crippen molar-refractivity contribution in [1.29, 1.82) is 0 Å². The van der Waals surface area contributed by atoms with Crippen molar-refractivity contribution < 1.29 is 9.53 Å². The van der Waals surface area contributed by atoms with E-state index in [0.717, 1.165) is 36.0 Å². The van der Waals surface area contributed by atoms with E-state index in [1.165, 1.54) is 0 Å². The van der Waals surface area contributed by atoms with E-state index >= 15 is 0 Å². The average molecular weight is 346 g/mol. The van der Waals surface area contributed by atoms with Gasteiger partial charge in [0.15, 0.2) is 0 Å². The molecule has 2 aromatic heterocycles. The lowest BCUT2D eigenvalue weighted by Gasteiger charge is -2.32. The van der Waals surface area contributed by atoms with Gasteiger partial charge in [0, 0.05) is 30.7 Å². The van der Waals surface area contributed by atoms with Gasteiger partial charge in [0.05, 0.1) is 19.3 Å². The molecule has 0 radical (unpaired) electrons. The first-order valence-corrected chi connectivity index (χ1v) is 8.94. The van der Waals surface area contributed by atoms with Crippen LogP contribution in [0.5, 0.6) is 0 Å². The van der Waals surface area contributed by atoms with Gasteiger partial charge in [-0.05, 0) is 30.0 Å². The Kier molecular flexibility index (Phi) is 5.66. The van der Waals surface area contributed by atoms with Crippen LogP contribution in [0.25, 0.3) is 0 Å². The van der Waals surface area contributed by atoms with Crippen molar-refractivity contribution in [1.82, 2.24) is 15.6 Å². The van der Waals surface area contributed by atoms with Crippen molar-refractivity contribution in [3.63, 3.8) is 0 Å². The van der Waals surface area contributed by atoms with Gasteiger partial charge < -0.3 is 20.3 Å². The molecule has 1 atom stereocenters. The van der Waals surface area contributed by atoms with Gasteiger partial charge in [0.1, 0.15) is 5.82 Å². The van der Waals surface area contributed by atoms with Crippen LogP contribution < -0.4 is 15.5 Å². The number of morpholine rings is 1. The predicted octanol–water partition coefficient (Wildman–Crippen LogP) is 2.37. The molecule has 1 aliphatic rings. The van der Waals surface area contributed by atoms with Crippen LogP contribution in [0.2, 0.25) is 0 Å². The molecule has 0 spiro atoms. The van der Waals surface area contributed by atoms with Gasteiger partial charge in [-0.25, -0.2) is 9.78 Å². The third-order valence-electron chi connectivity index (χ3n) is 3.83. The van der Waals surface area contributed by atoms with E-state index in [1.54, 1.807) is 11.3 Å². The van der Waals surface area contributed by atoms with Gasteiger partial charge >= 0.3 is 6.03 Å². The molecule has 0 aromatic carbocycles. The maximum absolute atomic E-state index is 11.8. The number of aromatic nitrogens is 1. The molecule has 7 heteroatoms. The molecular formula is C17H22N4O2S. The second-order valence-corrected chi connectivity index (χ2v) is 6.80. The highest BCUT2D eigenvalue weighted by atomic mass is 32.1. The van der Waals surface area contributed by atoms with E-state index in [0.29, 0.717) is 13.1 Å². The average Bonchev–Trinajstić information content (AvgIpc) is 3.12. The van der Waals surface area contributed by atoms with Crippen LogP contribution in [0.15, 0.2) is 35.8 Å². The van der Waals surface area contributed by atoms with Gasteiger partial charge in [-0.2, -0.15) is 0 Å². The Labute approximate surface area is 145 Å². The van der Waals surface area contributed by atoms with Gasteiger partial charge in [-0.15, -0.1) is 11.3 Å². The molecule has 0 bridgehead atoms. The zero-order chi connectivity index (χ0) is 16.8. The van der Waals surface area contributed by atoms with Crippen molar-refractivity contribution in [3.8, 4) is 0 Å². The fourth-order valence-corrected chi connectivity index (χ4v) is 3.20. The number of nitrogens with zero attached hydrogens (tertiary/aromatic N) is 2. The zero-order valence-electron chi connectivity index (χ0n) is 13.7. The van der Waals surface area contributed by atoms with E-state index in [4.69, 9.17) is 4.74 Å². The molecule has 0 unspecified atom stereocenters. The molecule has 0 saturated carbocycles. The highest BCUT2D eigenvalue weighted by molar-refractivity contribution is 7.09. The normalized spacial score (nSPS) is 17.5. The summed E-state index contributed by atoms with van der Waals surface area (Å²) in [6.45, 7) is 5.53. The van der Waals surface area contributed by atoms with Crippen LogP contribution >= 0.6 is 11.3 Å². The molecule has 3 heterocycles. The molecule has 0 aliphatic carbocycles. The molecule has 1 aliphatic heterocycles. The third-order valence-corrected chi connectivity index (χ3v) is 4.71. The highest BCUT2D eigenvalue weighted by Crippen LogP contribution is 2.15. The van der Waals surface area contributed by atoms with Crippen LogP contribution in [0.3, 0.4) is 0 Å². The summed E-state index contributed by atoms with van der Waals surface area (Å²) in [7, 11) is 0. The van der Waals surface area contributed by atoms with Crippen molar-refractivity contribution in [3.05, 3.63) is 46.3 Å². The molecule has 6 nitrogen and oxygen atoms in total. The van der Waals surface area contributed by atoms with E-state index in [-0.39, 0.29) is 12.1 Å². The summed E-state index contributed by atoms with van der Waals surface area (Å²) in [5.74, 6) is 0.955. The summed E-state index contributed by atoms with van der Waals surface area (Å²) in [6, 6.07) is 7.80. The highest BCUT2D eigenvalue weighted by Gasteiger charge is 2.17. The van der Waals surface area contributed by atoms with Crippen molar-refractivity contribution in [2.75, 3.05) is 24.6 Å². The molecule has 2 amide bonds. The molecular weight excluding hydrogens is 324 g/mol. The minimum atomic E-state index is -0.172. The summed E-state index contributed by atoms with van der Waals surface area (Å²) < 4.78 is 5.54. The van der Waals surface area contributed by atoms with E-state index in [2.05, 4.69) is 27.4 Å². The van der Waals surface area contributed by atoms with E-state index in [1.807, 2.05) is 35.8 Å². The summed E-state index contributed by atoms with van der Waals surface area (Å²) in [4.78, 5) is 19.7. The van der Waals surface area contributed by atoms with Crippen LogP contribution in [-0.4, -0.2) is 36.8 Å². The Hall–Kier alpha value is -2.12. The first-order chi connectivity index (χ1) is 11.7. The molecule has 1 saturated heterocycles. The van der Waals surface area contributed by atoms with E-state index in [9.17, 15) is 4.79 Å². The Balaban J connectivity index is 1.44. The number of hydrogen-bond acceptors (Lipinski definition) is 5. The number of nitrogens with one attached hydrogen (secondary N) is 2. The topological polar surface area (TPSA) is 66.5 Å². The number of carbonyl (C=O) groups is 1. The predicted molar refractivity (Wildman–Crippen MR) is 95.3 cm³/mol. The number of pyridine rings is 1. The summed E-state index contributed by atoms with van der Waals surface area (Å²) in [6.07, 6.45) is 2.04. The molecule has 2 N–H and O–H groups in total. The number of carbonyl (C=O) groups excluding carboxylic acids is 1. The van der Waals surface area contributed by atoms with Crippen LogP contribution in [0.1, 0.15) is 17.4 Å². The zero-order valence-corrected chi connectivity index (χ0v) is 14.5. The number of urea groups is 1. The van der Waals surface area contributed by atoms with Crippen LogP contribution in [-0.2, 0) is 17.8 Å². The lowest BCUT2D eigenvalue weighted by molar-refractivity contribution is 0.0529. The standard InChI is InChI=1S/C17H22N4O2S/c1-13-12-21(6-7-23-13)16-5-4-14(9-18-16)10-19-17(22)20-11-15-3-2-8-24-15/h2-5,8-9,13H,6-7,10-12H2,1H3,(H2,19,20,22)/t13-/m0/s1. The molecule has 24 heavy (non-hydrogen) atoms. The second kappa shape index (κ2) is 8.12. The number of ether oxygens (including phenoxy) is 1. The maximum Gasteiger partial charge on any atom is 0.315 e.